The summed E-state index contributed by atoms with van der Waals surface area (Å²) in [4.78, 5) is 6.66. The third kappa shape index (κ3) is 3.13. The molecule has 1 aromatic rings. The van der Waals surface area contributed by atoms with Gasteiger partial charge in [-0.2, -0.15) is 4.98 Å². The highest BCUT2D eigenvalue weighted by molar-refractivity contribution is 5.85. The standard InChI is InChI=1S/C10H16N4O2.2ClH/c1-7-12-10(16-13-7)9-6-14(2-3-15-9)8-4-11-5-8;;/h8-9,11H,2-6H2,1H3;2*1H. The average Bonchev–Trinajstić information content (AvgIpc) is 2.63. The summed E-state index contributed by atoms with van der Waals surface area (Å²) in [5, 5.41) is 7.08. The molecule has 0 radical (unpaired) electrons. The first-order valence-corrected chi connectivity index (χ1v) is 5.69. The molecule has 0 amide bonds. The summed E-state index contributed by atoms with van der Waals surface area (Å²) < 4.78 is 10.8. The fourth-order valence-corrected chi connectivity index (χ4v) is 2.13. The molecule has 6 nitrogen and oxygen atoms in total. The molecular weight excluding hydrogens is 279 g/mol. The van der Waals surface area contributed by atoms with Crippen LogP contribution in [0.4, 0.5) is 0 Å². The fraction of sp³-hybridized carbons (Fsp3) is 0.800. The van der Waals surface area contributed by atoms with Gasteiger partial charge in [0, 0.05) is 32.2 Å². The first-order chi connectivity index (χ1) is 7.83. The molecule has 18 heavy (non-hydrogen) atoms. The largest absolute Gasteiger partial charge is 0.366 e. The van der Waals surface area contributed by atoms with Crippen molar-refractivity contribution < 1.29 is 9.26 Å². The molecule has 0 aliphatic carbocycles. The number of nitrogens with zero attached hydrogens (tertiary/aromatic N) is 3. The molecule has 1 N–H and O–H groups in total. The Labute approximate surface area is 118 Å². The van der Waals surface area contributed by atoms with E-state index in [0.29, 0.717) is 17.8 Å². The van der Waals surface area contributed by atoms with Gasteiger partial charge in [0.05, 0.1) is 6.61 Å². The second-order valence-corrected chi connectivity index (χ2v) is 4.35. The van der Waals surface area contributed by atoms with Crippen LogP contribution in [0, 0.1) is 6.92 Å². The van der Waals surface area contributed by atoms with Crippen molar-refractivity contribution in [3.63, 3.8) is 0 Å². The summed E-state index contributed by atoms with van der Waals surface area (Å²) in [5.41, 5.74) is 0. The number of rotatable bonds is 2. The number of hydrogen-bond acceptors (Lipinski definition) is 6. The molecule has 0 bridgehead atoms. The minimum absolute atomic E-state index is 0. The Morgan fingerprint density at radius 2 is 2.11 bits per heavy atom. The van der Waals surface area contributed by atoms with E-state index in [0.717, 1.165) is 32.8 Å². The van der Waals surface area contributed by atoms with Crippen LogP contribution in [0.3, 0.4) is 0 Å². The summed E-state index contributed by atoms with van der Waals surface area (Å²) in [6.07, 6.45) is -0.0597. The average molecular weight is 297 g/mol. The molecule has 1 atom stereocenters. The maximum absolute atomic E-state index is 5.67. The van der Waals surface area contributed by atoms with Crippen molar-refractivity contribution in [2.45, 2.75) is 19.1 Å². The Hall–Kier alpha value is -0.400. The first kappa shape index (κ1) is 15.7. The number of morpholine rings is 1. The van der Waals surface area contributed by atoms with Gasteiger partial charge in [-0.15, -0.1) is 24.8 Å². The van der Waals surface area contributed by atoms with Crippen LogP contribution in [0.1, 0.15) is 17.8 Å². The highest BCUT2D eigenvalue weighted by Crippen LogP contribution is 2.22. The fourth-order valence-electron chi connectivity index (χ4n) is 2.13. The molecule has 1 unspecified atom stereocenters. The van der Waals surface area contributed by atoms with E-state index in [1.807, 2.05) is 6.92 Å². The smallest absolute Gasteiger partial charge is 0.257 e. The predicted molar refractivity (Wildman–Crippen MR) is 70.5 cm³/mol. The highest BCUT2D eigenvalue weighted by atomic mass is 35.5. The lowest BCUT2D eigenvalue weighted by molar-refractivity contribution is -0.0644. The normalized spacial score (nSPS) is 24.8. The molecule has 0 aromatic carbocycles. The molecule has 2 aliphatic rings. The highest BCUT2D eigenvalue weighted by Gasteiger charge is 2.32. The van der Waals surface area contributed by atoms with E-state index < -0.39 is 0 Å². The van der Waals surface area contributed by atoms with Gasteiger partial charge in [-0.05, 0) is 6.92 Å². The molecule has 1 aromatic heterocycles. The van der Waals surface area contributed by atoms with Crippen molar-refractivity contribution in [1.29, 1.82) is 0 Å². The van der Waals surface area contributed by atoms with Gasteiger partial charge in [-0.1, -0.05) is 5.16 Å². The molecule has 2 saturated heterocycles. The lowest BCUT2D eigenvalue weighted by Gasteiger charge is -2.41. The Morgan fingerprint density at radius 1 is 1.33 bits per heavy atom. The SMILES string of the molecule is Cc1noc(C2CN(C3CNC3)CCO2)n1.Cl.Cl. The van der Waals surface area contributed by atoms with Crippen molar-refractivity contribution in [3.8, 4) is 0 Å². The van der Waals surface area contributed by atoms with Crippen LogP contribution in [-0.4, -0.2) is 53.9 Å². The maximum atomic E-state index is 5.67. The van der Waals surface area contributed by atoms with Gasteiger partial charge in [0.1, 0.15) is 6.10 Å². The van der Waals surface area contributed by atoms with Crippen molar-refractivity contribution in [3.05, 3.63) is 11.7 Å². The van der Waals surface area contributed by atoms with Gasteiger partial charge < -0.3 is 14.6 Å². The summed E-state index contributed by atoms with van der Waals surface area (Å²) in [7, 11) is 0. The van der Waals surface area contributed by atoms with Crippen LogP contribution in [0.2, 0.25) is 0 Å². The lowest BCUT2D eigenvalue weighted by Crippen LogP contribution is -2.59. The minimum atomic E-state index is -0.0597. The lowest BCUT2D eigenvalue weighted by atomic mass is 10.1. The van der Waals surface area contributed by atoms with Crippen LogP contribution in [0.15, 0.2) is 4.52 Å². The zero-order valence-electron chi connectivity index (χ0n) is 10.2. The number of nitrogens with one attached hydrogen (secondary N) is 1. The zero-order valence-corrected chi connectivity index (χ0v) is 11.8. The summed E-state index contributed by atoms with van der Waals surface area (Å²) in [6, 6.07) is 0.649. The molecule has 8 heteroatoms. The quantitative estimate of drug-likeness (QED) is 0.861. The van der Waals surface area contributed by atoms with Crippen LogP contribution >= 0.6 is 24.8 Å². The van der Waals surface area contributed by atoms with E-state index in [-0.39, 0.29) is 30.9 Å². The van der Waals surface area contributed by atoms with Gasteiger partial charge >= 0.3 is 0 Å². The summed E-state index contributed by atoms with van der Waals surface area (Å²) in [5.74, 6) is 1.27. The molecule has 3 rings (SSSR count). The van der Waals surface area contributed by atoms with E-state index in [2.05, 4.69) is 20.4 Å². The first-order valence-electron chi connectivity index (χ1n) is 5.69. The number of aromatic nitrogens is 2. The Balaban J connectivity index is 0.000000810. The molecule has 104 valence electrons. The number of aryl methyl sites for hydroxylation is 1. The third-order valence-corrected chi connectivity index (χ3v) is 3.19. The molecule has 2 fully saturated rings. The van der Waals surface area contributed by atoms with Crippen LogP contribution in [0.5, 0.6) is 0 Å². The predicted octanol–water partition coefficient (Wildman–Crippen LogP) is 0.567. The summed E-state index contributed by atoms with van der Waals surface area (Å²) >= 11 is 0. The van der Waals surface area contributed by atoms with Crippen LogP contribution in [0.25, 0.3) is 0 Å². The van der Waals surface area contributed by atoms with E-state index in [9.17, 15) is 0 Å². The van der Waals surface area contributed by atoms with Crippen molar-refractivity contribution >= 4 is 24.8 Å². The minimum Gasteiger partial charge on any atom is -0.366 e. The zero-order chi connectivity index (χ0) is 11.0. The van der Waals surface area contributed by atoms with Gasteiger partial charge in [0.15, 0.2) is 5.82 Å². The van der Waals surface area contributed by atoms with E-state index in [1.165, 1.54) is 0 Å². The van der Waals surface area contributed by atoms with E-state index in [1.54, 1.807) is 0 Å². The summed E-state index contributed by atoms with van der Waals surface area (Å²) in [6.45, 7) is 6.57. The number of hydrogen-bond donors (Lipinski definition) is 1. The van der Waals surface area contributed by atoms with Crippen LogP contribution in [-0.2, 0) is 4.74 Å². The molecule has 0 spiro atoms. The van der Waals surface area contributed by atoms with Gasteiger partial charge in [0.2, 0.25) is 0 Å². The second-order valence-electron chi connectivity index (χ2n) is 4.35. The van der Waals surface area contributed by atoms with Crippen molar-refractivity contribution in [2.75, 3.05) is 32.8 Å². The number of halogens is 2. The topological polar surface area (TPSA) is 63.4 Å². The van der Waals surface area contributed by atoms with Gasteiger partial charge in [0.25, 0.3) is 5.89 Å². The number of ether oxygens (including phenoxy) is 1. The van der Waals surface area contributed by atoms with E-state index >= 15 is 0 Å². The Kier molecular flexibility index (Phi) is 5.81. The maximum Gasteiger partial charge on any atom is 0.257 e. The molecule has 2 aliphatic heterocycles. The van der Waals surface area contributed by atoms with E-state index in [4.69, 9.17) is 9.26 Å². The monoisotopic (exact) mass is 296 g/mol. The third-order valence-electron chi connectivity index (χ3n) is 3.19. The molecular formula is C10H18Cl2N4O2. The Bertz CT molecular complexity index is 373. The van der Waals surface area contributed by atoms with Gasteiger partial charge in [-0.25, -0.2) is 0 Å². The van der Waals surface area contributed by atoms with Crippen molar-refractivity contribution in [1.82, 2.24) is 20.4 Å². The molecule has 3 heterocycles. The van der Waals surface area contributed by atoms with Gasteiger partial charge in [-0.3, -0.25) is 4.90 Å². The second kappa shape index (κ2) is 6.68. The van der Waals surface area contributed by atoms with Crippen LogP contribution < -0.4 is 5.32 Å². The Morgan fingerprint density at radius 3 is 2.67 bits per heavy atom. The van der Waals surface area contributed by atoms with Crippen molar-refractivity contribution in [2.24, 2.45) is 0 Å². The molecule has 0 saturated carbocycles.